The van der Waals surface area contributed by atoms with Crippen LogP contribution in [0.2, 0.25) is 0 Å². The number of hydrogen-bond donors (Lipinski definition) is 1. The Morgan fingerprint density at radius 3 is 2.45 bits per heavy atom. The van der Waals surface area contributed by atoms with Crippen LogP contribution in [0.5, 0.6) is 0 Å². The summed E-state index contributed by atoms with van der Waals surface area (Å²) in [6.07, 6.45) is 0.903. The monoisotopic (exact) mass is 166 g/mol. The molecule has 1 aliphatic carbocycles. The van der Waals surface area contributed by atoms with Crippen molar-refractivity contribution in [2.24, 2.45) is 0 Å². The molecule has 0 heterocycles. The van der Waals surface area contributed by atoms with Crippen LogP contribution >= 0.6 is 11.8 Å². The first-order valence-electron chi connectivity index (χ1n) is 3.76. The lowest BCUT2D eigenvalue weighted by atomic mass is 10.4. The molecular formula is C9H10OS. The number of aliphatic hydroxyl groups is 1. The van der Waals surface area contributed by atoms with Crippen molar-refractivity contribution in [2.75, 3.05) is 0 Å². The zero-order valence-electron chi connectivity index (χ0n) is 6.10. The summed E-state index contributed by atoms with van der Waals surface area (Å²) in [5.41, 5.74) is 0. The highest BCUT2D eigenvalue weighted by Crippen LogP contribution is 2.39. The number of aliphatic hydroxyl groups excluding tert-OH is 1. The summed E-state index contributed by atoms with van der Waals surface area (Å²) >= 11 is 1.77. The third kappa shape index (κ3) is 1.76. The highest BCUT2D eigenvalue weighted by molar-refractivity contribution is 8.00. The first-order chi connectivity index (χ1) is 5.36. The van der Waals surface area contributed by atoms with Gasteiger partial charge in [-0.1, -0.05) is 18.2 Å². The van der Waals surface area contributed by atoms with Gasteiger partial charge in [-0.2, -0.15) is 0 Å². The van der Waals surface area contributed by atoms with E-state index < -0.39 is 0 Å². The number of hydrogen-bond acceptors (Lipinski definition) is 2. The molecule has 0 unspecified atom stereocenters. The van der Waals surface area contributed by atoms with E-state index in [1.54, 1.807) is 11.8 Å². The first kappa shape index (κ1) is 7.19. The summed E-state index contributed by atoms with van der Waals surface area (Å²) in [7, 11) is 0. The number of thioether (sulfide) groups is 1. The minimum atomic E-state index is -0.0554. The molecule has 0 aromatic heterocycles. The maximum absolute atomic E-state index is 9.07. The normalized spacial score (nSPS) is 28.5. The molecule has 1 aromatic rings. The maximum atomic E-state index is 9.07. The molecule has 0 saturated heterocycles. The Morgan fingerprint density at radius 1 is 1.27 bits per heavy atom. The molecule has 1 N–H and O–H groups in total. The zero-order valence-corrected chi connectivity index (χ0v) is 6.92. The van der Waals surface area contributed by atoms with Crippen LogP contribution in [0.3, 0.4) is 0 Å². The van der Waals surface area contributed by atoms with Gasteiger partial charge in [-0.3, -0.25) is 0 Å². The minimum absolute atomic E-state index is 0.0554. The van der Waals surface area contributed by atoms with Crippen molar-refractivity contribution < 1.29 is 5.11 Å². The van der Waals surface area contributed by atoms with Crippen molar-refractivity contribution in [3.8, 4) is 0 Å². The molecule has 2 rings (SSSR count). The quantitative estimate of drug-likeness (QED) is 0.724. The molecule has 0 amide bonds. The molecule has 0 radical (unpaired) electrons. The molecule has 0 aliphatic heterocycles. The van der Waals surface area contributed by atoms with Gasteiger partial charge in [-0.25, -0.2) is 0 Å². The van der Waals surface area contributed by atoms with Gasteiger partial charge in [0.15, 0.2) is 0 Å². The Balaban J connectivity index is 1.97. The fraction of sp³-hybridized carbons (Fsp3) is 0.333. The van der Waals surface area contributed by atoms with Crippen LogP contribution in [-0.2, 0) is 0 Å². The van der Waals surface area contributed by atoms with Crippen molar-refractivity contribution in [1.82, 2.24) is 0 Å². The second kappa shape index (κ2) is 2.88. The predicted octanol–water partition coefficient (Wildman–Crippen LogP) is 1.91. The molecule has 58 valence electrons. The molecule has 1 aromatic carbocycles. The Morgan fingerprint density at radius 2 is 1.91 bits per heavy atom. The molecule has 0 bridgehead atoms. The van der Waals surface area contributed by atoms with Crippen molar-refractivity contribution >= 4 is 11.8 Å². The molecule has 2 atom stereocenters. The Labute approximate surface area is 70.4 Å². The first-order valence-corrected chi connectivity index (χ1v) is 4.64. The van der Waals surface area contributed by atoms with Crippen molar-refractivity contribution in [3.63, 3.8) is 0 Å². The Hall–Kier alpha value is -0.470. The van der Waals surface area contributed by atoms with Crippen molar-refractivity contribution in [3.05, 3.63) is 30.3 Å². The topological polar surface area (TPSA) is 20.2 Å². The van der Waals surface area contributed by atoms with E-state index in [9.17, 15) is 0 Å². The summed E-state index contributed by atoms with van der Waals surface area (Å²) in [5, 5.41) is 9.52. The van der Waals surface area contributed by atoms with Crippen molar-refractivity contribution in [2.45, 2.75) is 22.7 Å². The van der Waals surface area contributed by atoms with Gasteiger partial charge < -0.3 is 5.11 Å². The summed E-state index contributed by atoms with van der Waals surface area (Å²) in [6.45, 7) is 0. The van der Waals surface area contributed by atoms with Gasteiger partial charge in [0.2, 0.25) is 0 Å². The van der Waals surface area contributed by atoms with E-state index in [0.29, 0.717) is 5.25 Å². The predicted molar refractivity (Wildman–Crippen MR) is 46.7 cm³/mol. The molecule has 2 heteroatoms. The van der Waals surface area contributed by atoms with Crippen LogP contribution < -0.4 is 0 Å². The lowest BCUT2D eigenvalue weighted by molar-refractivity contribution is 0.280. The average molecular weight is 166 g/mol. The number of benzene rings is 1. The van der Waals surface area contributed by atoms with Gasteiger partial charge >= 0.3 is 0 Å². The zero-order chi connectivity index (χ0) is 7.68. The van der Waals surface area contributed by atoms with Gasteiger partial charge in [-0.15, -0.1) is 11.8 Å². The van der Waals surface area contributed by atoms with E-state index in [1.807, 2.05) is 18.2 Å². The Kier molecular flexibility index (Phi) is 1.88. The molecule has 1 saturated carbocycles. The van der Waals surface area contributed by atoms with Crippen LogP contribution in [0.15, 0.2) is 35.2 Å². The standard InChI is InChI=1S/C9H10OS/c10-8-6-9(8)11-7-4-2-1-3-5-7/h1-5,8-10H,6H2/t8-,9-/m1/s1. The van der Waals surface area contributed by atoms with Crippen LogP contribution in [0.4, 0.5) is 0 Å². The largest absolute Gasteiger partial charge is 0.392 e. The molecule has 0 spiro atoms. The van der Waals surface area contributed by atoms with E-state index in [2.05, 4.69) is 12.1 Å². The van der Waals surface area contributed by atoms with Gasteiger partial charge in [0.25, 0.3) is 0 Å². The van der Waals surface area contributed by atoms with E-state index >= 15 is 0 Å². The highest BCUT2D eigenvalue weighted by atomic mass is 32.2. The van der Waals surface area contributed by atoms with Gasteiger partial charge in [0, 0.05) is 10.1 Å². The smallest absolute Gasteiger partial charge is 0.0674 e. The van der Waals surface area contributed by atoms with Gasteiger partial charge in [0.1, 0.15) is 0 Å². The highest BCUT2D eigenvalue weighted by Gasteiger charge is 2.35. The average Bonchev–Trinajstić information content (AvgIpc) is 2.69. The van der Waals surface area contributed by atoms with Crippen LogP contribution in [0.25, 0.3) is 0 Å². The second-order valence-corrected chi connectivity index (χ2v) is 4.09. The SMILES string of the molecule is O[C@@H]1C[C@H]1Sc1ccccc1. The fourth-order valence-corrected chi connectivity index (χ4v) is 2.07. The summed E-state index contributed by atoms with van der Waals surface area (Å²) in [6, 6.07) is 10.2. The molecular weight excluding hydrogens is 156 g/mol. The Bertz CT molecular complexity index is 235. The summed E-state index contributed by atoms with van der Waals surface area (Å²) < 4.78 is 0. The van der Waals surface area contributed by atoms with E-state index in [-0.39, 0.29) is 6.10 Å². The lowest BCUT2D eigenvalue weighted by Crippen LogP contribution is -1.84. The third-order valence-electron chi connectivity index (χ3n) is 1.73. The van der Waals surface area contributed by atoms with Crippen molar-refractivity contribution in [1.29, 1.82) is 0 Å². The molecule has 1 nitrogen and oxygen atoms in total. The third-order valence-corrected chi connectivity index (χ3v) is 3.08. The number of rotatable bonds is 2. The van der Waals surface area contributed by atoms with Gasteiger partial charge in [0.05, 0.1) is 6.10 Å². The second-order valence-electron chi connectivity index (χ2n) is 2.77. The maximum Gasteiger partial charge on any atom is 0.0674 e. The van der Waals surface area contributed by atoms with E-state index in [4.69, 9.17) is 5.11 Å². The molecule has 11 heavy (non-hydrogen) atoms. The van der Waals surface area contributed by atoms with Crippen LogP contribution in [0, 0.1) is 0 Å². The van der Waals surface area contributed by atoms with Gasteiger partial charge in [-0.05, 0) is 18.6 Å². The van der Waals surface area contributed by atoms with Crippen LogP contribution in [0.1, 0.15) is 6.42 Å². The molecule has 1 fully saturated rings. The fourth-order valence-electron chi connectivity index (χ4n) is 0.960. The van der Waals surface area contributed by atoms with Crippen LogP contribution in [-0.4, -0.2) is 16.5 Å². The lowest BCUT2D eigenvalue weighted by Gasteiger charge is -1.96. The van der Waals surface area contributed by atoms with E-state index in [1.165, 1.54) is 4.90 Å². The minimum Gasteiger partial charge on any atom is -0.392 e. The summed E-state index contributed by atoms with van der Waals surface area (Å²) in [5.74, 6) is 0. The summed E-state index contributed by atoms with van der Waals surface area (Å²) in [4.78, 5) is 1.26. The van der Waals surface area contributed by atoms with E-state index in [0.717, 1.165) is 6.42 Å². The molecule has 1 aliphatic rings.